The summed E-state index contributed by atoms with van der Waals surface area (Å²) in [7, 11) is -3.77. The molecule has 0 aliphatic heterocycles. The lowest BCUT2D eigenvalue weighted by atomic mass is 10.7. The summed E-state index contributed by atoms with van der Waals surface area (Å²) >= 11 is 0. The second-order valence-corrected chi connectivity index (χ2v) is 3.89. The Morgan fingerprint density at radius 3 is 2.07 bits per heavy atom. The van der Waals surface area contributed by atoms with Crippen LogP contribution in [0.5, 0.6) is 0 Å². The van der Waals surface area contributed by atoms with Crippen LogP contribution in [-0.2, 0) is 18.1 Å². The van der Waals surface area contributed by atoms with E-state index in [4.69, 9.17) is 9.05 Å². The molecule has 84 valence electrons. The van der Waals surface area contributed by atoms with Crippen molar-refractivity contribution in [2.24, 2.45) is 0 Å². The third-order valence-corrected chi connectivity index (χ3v) is 2.87. The third-order valence-electron chi connectivity index (χ3n) is 1.15. The maximum absolute atomic E-state index is 11.6. The number of nitro groups is 1. The minimum atomic E-state index is -3.77. The van der Waals surface area contributed by atoms with E-state index < -0.39 is 19.0 Å². The molecule has 0 fully saturated rings. The number of rotatable bonds is 7. The summed E-state index contributed by atoms with van der Waals surface area (Å²) in [4.78, 5) is 9.52. The van der Waals surface area contributed by atoms with Crippen LogP contribution in [0.4, 0.5) is 0 Å². The highest BCUT2D eigenvalue weighted by atomic mass is 31.2. The van der Waals surface area contributed by atoms with Gasteiger partial charge in [-0.05, 0) is 13.8 Å². The second kappa shape index (κ2) is 6.08. The van der Waals surface area contributed by atoms with Gasteiger partial charge in [0.15, 0.2) is 0 Å². The van der Waals surface area contributed by atoms with Crippen molar-refractivity contribution >= 4 is 7.82 Å². The van der Waals surface area contributed by atoms with Crippen molar-refractivity contribution in [3.05, 3.63) is 10.1 Å². The molecular weight excluding hydrogens is 213 g/mol. The maximum Gasteiger partial charge on any atom is 0.480 e. The van der Waals surface area contributed by atoms with Crippen LogP contribution in [0.2, 0.25) is 0 Å². The summed E-state index contributed by atoms with van der Waals surface area (Å²) in [6, 6.07) is 0. The van der Waals surface area contributed by atoms with Gasteiger partial charge in [0, 0.05) is 6.92 Å². The van der Waals surface area contributed by atoms with Gasteiger partial charge in [-0.25, -0.2) is 9.09 Å². The van der Waals surface area contributed by atoms with Crippen molar-refractivity contribution in [1.29, 1.82) is 0 Å². The highest BCUT2D eigenvalue weighted by Gasteiger charge is 2.32. The summed E-state index contributed by atoms with van der Waals surface area (Å²) in [6.45, 7) is 4.53. The molecule has 0 N–H and O–H groups in total. The molecule has 0 amide bonds. The van der Waals surface area contributed by atoms with E-state index in [0.717, 1.165) is 6.92 Å². The topological polar surface area (TPSA) is 87.9 Å². The average molecular weight is 227 g/mol. The maximum atomic E-state index is 11.6. The van der Waals surface area contributed by atoms with Crippen LogP contribution < -0.4 is 0 Å². The van der Waals surface area contributed by atoms with Gasteiger partial charge >= 0.3 is 14.1 Å². The molecule has 0 saturated carbocycles. The van der Waals surface area contributed by atoms with E-state index in [1.165, 1.54) is 0 Å². The van der Waals surface area contributed by atoms with Crippen LogP contribution in [0.15, 0.2) is 0 Å². The molecule has 8 heteroatoms. The molecule has 0 spiro atoms. The van der Waals surface area contributed by atoms with Gasteiger partial charge < -0.3 is 0 Å². The van der Waals surface area contributed by atoms with Gasteiger partial charge in [0.25, 0.3) is 0 Å². The predicted molar refractivity (Wildman–Crippen MR) is 48.4 cm³/mol. The molecule has 0 aromatic carbocycles. The first-order valence-corrected chi connectivity index (χ1v) is 5.62. The minimum absolute atomic E-state index is 0.0989. The highest BCUT2D eigenvalue weighted by Crippen LogP contribution is 2.50. The normalized spacial score (nSPS) is 13.9. The first kappa shape index (κ1) is 13.5. The summed E-state index contributed by atoms with van der Waals surface area (Å²) in [6.07, 6.45) is -1.42. The summed E-state index contributed by atoms with van der Waals surface area (Å²) in [5.74, 6) is 0. The van der Waals surface area contributed by atoms with Crippen molar-refractivity contribution in [3.8, 4) is 0 Å². The Bertz CT molecular complexity index is 222. The predicted octanol–water partition coefficient (Wildman–Crippen LogP) is 1.81. The average Bonchev–Trinajstić information content (AvgIpc) is 2.04. The first-order chi connectivity index (χ1) is 6.45. The molecule has 0 heterocycles. The smallest absolute Gasteiger partial charge is 0.287 e. The van der Waals surface area contributed by atoms with Gasteiger partial charge in [0.2, 0.25) is 0 Å². The Morgan fingerprint density at radius 2 is 1.79 bits per heavy atom. The van der Waals surface area contributed by atoms with E-state index in [1.54, 1.807) is 13.8 Å². The van der Waals surface area contributed by atoms with Crippen LogP contribution in [0.1, 0.15) is 20.8 Å². The van der Waals surface area contributed by atoms with Crippen molar-refractivity contribution in [3.63, 3.8) is 0 Å². The van der Waals surface area contributed by atoms with E-state index in [2.05, 4.69) is 4.52 Å². The molecule has 0 aromatic rings. The van der Waals surface area contributed by atoms with Gasteiger partial charge in [-0.2, -0.15) is 0 Å². The molecule has 7 nitrogen and oxygen atoms in total. The Hall–Kier alpha value is -0.490. The van der Waals surface area contributed by atoms with E-state index in [0.29, 0.717) is 0 Å². The van der Waals surface area contributed by atoms with Crippen molar-refractivity contribution in [2.45, 2.75) is 27.0 Å². The number of nitrogens with zero attached hydrogens (tertiary/aromatic N) is 1. The zero-order chi connectivity index (χ0) is 11.2. The van der Waals surface area contributed by atoms with Crippen LogP contribution in [0.25, 0.3) is 0 Å². The van der Waals surface area contributed by atoms with Crippen LogP contribution in [-0.4, -0.2) is 24.4 Å². The molecule has 0 radical (unpaired) electrons. The summed E-state index contributed by atoms with van der Waals surface area (Å²) in [5, 5.41) is 10.2. The molecule has 0 aromatic heterocycles. The first-order valence-electron chi connectivity index (χ1n) is 4.16. The van der Waals surface area contributed by atoms with Crippen LogP contribution in [0.3, 0.4) is 0 Å². The molecule has 0 rings (SSSR count). The second-order valence-electron chi connectivity index (χ2n) is 2.27. The number of phosphoric ester groups is 1. The molecule has 0 aliphatic carbocycles. The van der Waals surface area contributed by atoms with Crippen molar-refractivity contribution in [1.82, 2.24) is 0 Å². The van der Waals surface area contributed by atoms with E-state index in [-0.39, 0.29) is 13.2 Å². The molecule has 0 aliphatic rings. The molecule has 0 bridgehead atoms. The Morgan fingerprint density at radius 1 is 1.36 bits per heavy atom. The van der Waals surface area contributed by atoms with E-state index in [1.807, 2.05) is 0 Å². The van der Waals surface area contributed by atoms with Crippen LogP contribution in [0, 0.1) is 10.1 Å². The zero-order valence-corrected chi connectivity index (χ0v) is 9.23. The fraction of sp³-hybridized carbons (Fsp3) is 1.00. The lowest BCUT2D eigenvalue weighted by Crippen LogP contribution is -2.19. The van der Waals surface area contributed by atoms with Gasteiger partial charge in [-0.1, -0.05) is 0 Å². The molecule has 14 heavy (non-hydrogen) atoms. The van der Waals surface area contributed by atoms with Gasteiger partial charge in [-0.15, -0.1) is 0 Å². The van der Waals surface area contributed by atoms with E-state index >= 15 is 0 Å². The molecular formula is C6H14NO6P. The fourth-order valence-electron chi connectivity index (χ4n) is 0.640. The number of hydrogen-bond donors (Lipinski definition) is 0. The quantitative estimate of drug-likeness (QED) is 0.285. The number of hydrogen-bond acceptors (Lipinski definition) is 6. The fourth-order valence-corrected chi connectivity index (χ4v) is 1.92. The van der Waals surface area contributed by atoms with Crippen molar-refractivity contribution in [2.75, 3.05) is 13.2 Å². The van der Waals surface area contributed by atoms with Crippen molar-refractivity contribution < 1.29 is 23.1 Å². The largest absolute Gasteiger partial charge is 0.480 e. The Kier molecular flexibility index (Phi) is 5.87. The standard InChI is InChI=1S/C6H14NO6P/c1-4-11-14(10,12-5-2)13-6(3)7(8)9/h6H,4-5H2,1-3H3. The van der Waals surface area contributed by atoms with Gasteiger partial charge in [0.05, 0.1) is 18.1 Å². The van der Waals surface area contributed by atoms with E-state index in [9.17, 15) is 14.7 Å². The minimum Gasteiger partial charge on any atom is -0.287 e. The van der Waals surface area contributed by atoms with Crippen LogP contribution >= 0.6 is 7.82 Å². The van der Waals surface area contributed by atoms with Gasteiger partial charge in [-0.3, -0.25) is 19.2 Å². The summed E-state index contributed by atoms with van der Waals surface area (Å²) < 4.78 is 25.5. The molecule has 1 unspecified atom stereocenters. The molecule has 0 saturated heterocycles. The monoisotopic (exact) mass is 227 g/mol. The highest BCUT2D eigenvalue weighted by molar-refractivity contribution is 7.48. The zero-order valence-electron chi connectivity index (χ0n) is 8.34. The molecule has 1 atom stereocenters. The third kappa shape index (κ3) is 4.66. The Labute approximate surface area is 82.1 Å². The SMILES string of the molecule is CCOP(=O)(OCC)OC(C)[N+](=O)[O-]. The summed E-state index contributed by atoms with van der Waals surface area (Å²) in [5.41, 5.74) is 0. The lowest BCUT2D eigenvalue weighted by molar-refractivity contribution is -0.559. The Balaban J connectivity index is 4.35. The number of phosphoric acid groups is 1. The lowest BCUT2D eigenvalue weighted by Gasteiger charge is -2.16. The van der Waals surface area contributed by atoms with Gasteiger partial charge in [0.1, 0.15) is 0 Å².